The van der Waals surface area contributed by atoms with E-state index >= 15 is 0 Å². The van der Waals surface area contributed by atoms with Gasteiger partial charge in [-0.3, -0.25) is 11.0 Å². The Morgan fingerprint density at radius 1 is 1.67 bits per heavy atom. The highest BCUT2D eigenvalue weighted by Gasteiger charge is 2.07. The number of H-pyrrole nitrogens is 1. The highest BCUT2D eigenvalue weighted by molar-refractivity contribution is 8.15. The largest absolute Gasteiger partial charge is 0.342 e. The fourth-order valence-corrected chi connectivity index (χ4v) is 1.27. The number of rotatable bonds is 1. The van der Waals surface area contributed by atoms with E-state index in [4.69, 9.17) is 22.8 Å². The summed E-state index contributed by atoms with van der Waals surface area (Å²) in [6.07, 6.45) is 0.925. The second-order valence-corrected chi connectivity index (χ2v) is 5.28. The van der Waals surface area contributed by atoms with E-state index in [9.17, 15) is 0 Å². The molecular weight excluding hydrogens is 155 g/mol. The highest BCUT2D eigenvalue weighted by atomic mass is 32.4. The minimum atomic E-state index is -2.30. The standard InChI is InChI=1S/C3H7N4PS/c4-8(5,9)3-6-1-2-7-3/h1-2H,(H,6,7)(H4,4,5,9). The molecule has 6 heteroatoms. The third kappa shape index (κ3) is 1.59. The van der Waals surface area contributed by atoms with Gasteiger partial charge in [-0.05, 0) is 0 Å². The molecule has 0 aliphatic heterocycles. The number of hydrogen-bond acceptors (Lipinski definition) is 2. The first-order chi connectivity index (χ1) is 4.11. The van der Waals surface area contributed by atoms with Gasteiger partial charge in [-0.15, -0.1) is 0 Å². The van der Waals surface area contributed by atoms with E-state index in [1.54, 1.807) is 12.4 Å². The van der Waals surface area contributed by atoms with Crippen LogP contribution < -0.4 is 16.6 Å². The number of imidazole rings is 1. The molecule has 1 aromatic heterocycles. The molecule has 5 N–H and O–H groups in total. The van der Waals surface area contributed by atoms with E-state index in [1.807, 2.05) is 0 Å². The van der Waals surface area contributed by atoms with Gasteiger partial charge in [0.15, 0.2) is 5.57 Å². The minimum Gasteiger partial charge on any atom is -0.342 e. The summed E-state index contributed by atoms with van der Waals surface area (Å²) < 4.78 is 0. The topological polar surface area (TPSA) is 80.7 Å². The fourth-order valence-electron chi connectivity index (χ4n) is 0.448. The molecule has 0 radical (unpaired) electrons. The second kappa shape index (κ2) is 2.19. The fraction of sp³-hybridized carbons (Fsp3) is 0. The molecule has 0 aromatic carbocycles. The third-order valence-corrected chi connectivity index (χ3v) is 2.24. The zero-order valence-electron chi connectivity index (χ0n) is 4.61. The summed E-state index contributed by atoms with van der Waals surface area (Å²) in [5.74, 6) is 0. The lowest BCUT2D eigenvalue weighted by Crippen LogP contribution is -2.20. The Morgan fingerprint density at radius 3 is 2.56 bits per heavy atom. The SMILES string of the molecule is NP(N)(=S)c1ncc[nH]1. The van der Waals surface area contributed by atoms with Crippen LogP contribution in [-0.2, 0) is 11.8 Å². The Labute approximate surface area is 57.8 Å². The van der Waals surface area contributed by atoms with Crippen LogP contribution in [0, 0.1) is 0 Å². The van der Waals surface area contributed by atoms with Crippen molar-refractivity contribution >= 4 is 23.7 Å². The Morgan fingerprint density at radius 2 is 2.33 bits per heavy atom. The number of aromatic nitrogens is 2. The van der Waals surface area contributed by atoms with Crippen LogP contribution in [0.4, 0.5) is 0 Å². The lowest BCUT2D eigenvalue weighted by atomic mass is 11.0. The number of nitrogens with zero attached hydrogens (tertiary/aromatic N) is 1. The molecule has 1 aromatic rings. The molecule has 4 nitrogen and oxygen atoms in total. The third-order valence-electron chi connectivity index (χ3n) is 0.815. The molecule has 0 amide bonds. The van der Waals surface area contributed by atoms with Gasteiger partial charge < -0.3 is 4.98 Å². The summed E-state index contributed by atoms with van der Waals surface area (Å²) in [6, 6.07) is 0. The van der Waals surface area contributed by atoms with E-state index < -0.39 is 6.34 Å². The molecule has 0 aliphatic rings. The quantitative estimate of drug-likeness (QED) is 0.475. The van der Waals surface area contributed by atoms with Gasteiger partial charge in [0.05, 0.1) is 0 Å². The van der Waals surface area contributed by atoms with Crippen molar-refractivity contribution in [1.82, 2.24) is 9.97 Å². The normalized spacial score (nSPS) is 11.8. The van der Waals surface area contributed by atoms with Gasteiger partial charge in [-0.1, -0.05) is 11.8 Å². The molecule has 0 unspecified atom stereocenters. The zero-order valence-corrected chi connectivity index (χ0v) is 6.32. The van der Waals surface area contributed by atoms with Crippen LogP contribution in [0.3, 0.4) is 0 Å². The molecule has 1 heterocycles. The van der Waals surface area contributed by atoms with Crippen LogP contribution in [0.15, 0.2) is 12.4 Å². The van der Waals surface area contributed by atoms with Crippen molar-refractivity contribution in [2.24, 2.45) is 11.0 Å². The van der Waals surface area contributed by atoms with Gasteiger partial charge in [-0.2, -0.15) is 0 Å². The van der Waals surface area contributed by atoms with Gasteiger partial charge in [0.25, 0.3) is 0 Å². The molecule has 0 saturated heterocycles. The summed E-state index contributed by atoms with van der Waals surface area (Å²) in [7, 11) is 0. The predicted octanol–water partition coefficient (Wildman–Crippen LogP) is -0.738. The number of nitrogens with two attached hydrogens (primary N) is 2. The maximum absolute atomic E-state index is 5.41. The van der Waals surface area contributed by atoms with E-state index in [1.165, 1.54) is 0 Å². The smallest absolute Gasteiger partial charge is 0.167 e. The summed E-state index contributed by atoms with van der Waals surface area (Å²) in [4.78, 5) is 6.59. The van der Waals surface area contributed by atoms with E-state index in [2.05, 4.69) is 9.97 Å². The molecule has 0 bridgehead atoms. The first kappa shape index (κ1) is 6.89. The van der Waals surface area contributed by atoms with E-state index in [-0.39, 0.29) is 0 Å². The van der Waals surface area contributed by atoms with Crippen LogP contribution >= 0.6 is 6.34 Å². The van der Waals surface area contributed by atoms with E-state index in [0.29, 0.717) is 5.57 Å². The molecule has 0 aliphatic carbocycles. The number of hydrogen-bond donors (Lipinski definition) is 3. The monoisotopic (exact) mass is 162 g/mol. The Bertz CT molecular complexity index is 224. The number of nitrogens with one attached hydrogen (secondary N) is 1. The Balaban J connectivity index is 3.04. The predicted molar refractivity (Wildman–Crippen MR) is 40.9 cm³/mol. The lowest BCUT2D eigenvalue weighted by Gasteiger charge is -2.03. The van der Waals surface area contributed by atoms with Gasteiger partial charge in [0.2, 0.25) is 0 Å². The molecule has 1 rings (SSSR count). The summed E-state index contributed by atoms with van der Waals surface area (Å²) >= 11 is 4.78. The Kier molecular flexibility index (Phi) is 1.68. The molecule has 50 valence electrons. The maximum atomic E-state index is 5.41. The summed E-state index contributed by atoms with van der Waals surface area (Å²) in [5, 5.41) is 0. The van der Waals surface area contributed by atoms with Crippen molar-refractivity contribution in [3.05, 3.63) is 12.4 Å². The van der Waals surface area contributed by atoms with Gasteiger partial charge in [-0.25, -0.2) is 4.98 Å². The van der Waals surface area contributed by atoms with Crippen molar-refractivity contribution < 1.29 is 0 Å². The zero-order chi connectivity index (χ0) is 6.91. The molecule has 0 spiro atoms. The molecule has 0 fully saturated rings. The van der Waals surface area contributed by atoms with Gasteiger partial charge in [0, 0.05) is 12.4 Å². The van der Waals surface area contributed by atoms with Gasteiger partial charge in [0.1, 0.15) is 6.34 Å². The average molecular weight is 162 g/mol. The number of aromatic amines is 1. The van der Waals surface area contributed by atoms with Crippen molar-refractivity contribution in [1.29, 1.82) is 0 Å². The summed E-state index contributed by atoms with van der Waals surface area (Å²) in [6.45, 7) is 0. The van der Waals surface area contributed by atoms with Crippen molar-refractivity contribution in [2.75, 3.05) is 0 Å². The molecule has 9 heavy (non-hydrogen) atoms. The van der Waals surface area contributed by atoms with Crippen LogP contribution in [0.2, 0.25) is 0 Å². The van der Waals surface area contributed by atoms with Crippen LogP contribution in [0.5, 0.6) is 0 Å². The molecule has 0 atom stereocenters. The van der Waals surface area contributed by atoms with Crippen molar-refractivity contribution in [3.8, 4) is 0 Å². The maximum Gasteiger partial charge on any atom is 0.167 e. The first-order valence-electron chi connectivity index (χ1n) is 2.28. The van der Waals surface area contributed by atoms with Crippen LogP contribution in [-0.4, -0.2) is 9.97 Å². The first-order valence-corrected chi connectivity index (χ1v) is 5.22. The van der Waals surface area contributed by atoms with Crippen molar-refractivity contribution in [3.63, 3.8) is 0 Å². The Hall–Kier alpha value is -0.220. The summed E-state index contributed by atoms with van der Waals surface area (Å²) in [5.41, 5.74) is 11.3. The van der Waals surface area contributed by atoms with Crippen LogP contribution in [0.25, 0.3) is 0 Å². The average Bonchev–Trinajstić information content (AvgIpc) is 2.08. The van der Waals surface area contributed by atoms with E-state index in [0.717, 1.165) is 0 Å². The van der Waals surface area contributed by atoms with Gasteiger partial charge >= 0.3 is 0 Å². The second-order valence-electron chi connectivity index (χ2n) is 1.62. The highest BCUT2D eigenvalue weighted by Crippen LogP contribution is 2.20. The molecular formula is C3H7N4PS. The molecule has 0 saturated carbocycles. The van der Waals surface area contributed by atoms with Crippen molar-refractivity contribution in [2.45, 2.75) is 0 Å². The minimum absolute atomic E-state index is 0.525. The van der Waals surface area contributed by atoms with Crippen LogP contribution in [0.1, 0.15) is 0 Å². The lowest BCUT2D eigenvalue weighted by molar-refractivity contribution is 1.39.